The van der Waals surface area contributed by atoms with Crippen molar-refractivity contribution in [1.29, 1.82) is 0 Å². The number of carbonyl (C=O) groups is 1. The van der Waals surface area contributed by atoms with Crippen LogP contribution in [-0.2, 0) is 16.4 Å². The molecule has 8 heteroatoms. The first-order valence-corrected chi connectivity index (χ1v) is 11.3. The summed E-state index contributed by atoms with van der Waals surface area (Å²) in [6, 6.07) is 18.8. The molecular weight excluding hydrogens is 426 g/mol. The van der Waals surface area contributed by atoms with Gasteiger partial charge < -0.3 is 9.73 Å². The molecule has 0 saturated heterocycles. The minimum Gasteiger partial charge on any atom is -0.449 e. The Morgan fingerprint density at radius 2 is 1.72 bits per heavy atom. The number of para-hydroxylation sites is 1. The maximum Gasteiger partial charge on any atom is 0.287 e. The van der Waals surface area contributed by atoms with E-state index in [1.165, 1.54) is 18.3 Å². The van der Waals surface area contributed by atoms with E-state index < -0.39 is 9.84 Å². The number of hydrogen-bond acceptors (Lipinski definition) is 6. The number of sulfone groups is 1. The van der Waals surface area contributed by atoms with Gasteiger partial charge in [-0.25, -0.2) is 8.42 Å². The molecule has 5 aromatic rings. The van der Waals surface area contributed by atoms with E-state index in [2.05, 4.69) is 15.3 Å². The molecule has 32 heavy (non-hydrogen) atoms. The van der Waals surface area contributed by atoms with Gasteiger partial charge in [0, 0.05) is 29.7 Å². The first-order valence-electron chi connectivity index (χ1n) is 9.81. The summed E-state index contributed by atoms with van der Waals surface area (Å²) in [6.07, 6.45) is 4.55. The van der Waals surface area contributed by atoms with Crippen molar-refractivity contribution in [3.63, 3.8) is 0 Å². The minimum absolute atomic E-state index is 0.136. The second kappa shape index (κ2) is 7.90. The summed E-state index contributed by atoms with van der Waals surface area (Å²) in [5, 5.41) is 4.33. The Kier molecular flexibility index (Phi) is 4.91. The highest BCUT2D eigenvalue weighted by Crippen LogP contribution is 2.24. The number of amides is 1. The molecule has 7 nitrogen and oxygen atoms in total. The Bertz CT molecular complexity index is 1520. The summed E-state index contributed by atoms with van der Waals surface area (Å²) in [5.74, 6) is -0.170. The predicted molar refractivity (Wildman–Crippen MR) is 119 cm³/mol. The Morgan fingerprint density at radius 1 is 0.906 bits per heavy atom. The monoisotopic (exact) mass is 443 g/mol. The fourth-order valence-electron chi connectivity index (χ4n) is 3.39. The molecule has 0 aliphatic rings. The molecule has 0 unspecified atom stereocenters. The van der Waals surface area contributed by atoms with Gasteiger partial charge in [0.05, 0.1) is 21.5 Å². The quantitative estimate of drug-likeness (QED) is 0.438. The Hall–Kier alpha value is -4.04. The highest BCUT2D eigenvalue weighted by Gasteiger charge is 2.19. The highest BCUT2D eigenvalue weighted by molar-refractivity contribution is 7.91. The second-order valence-electron chi connectivity index (χ2n) is 7.22. The summed E-state index contributed by atoms with van der Waals surface area (Å²) in [4.78, 5) is 20.9. The molecular formula is C24H17N3O4S. The summed E-state index contributed by atoms with van der Waals surface area (Å²) < 4.78 is 31.5. The Labute approximate surface area is 183 Å². The van der Waals surface area contributed by atoms with Gasteiger partial charge in [-0.2, -0.15) is 0 Å². The molecule has 3 aromatic heterocycles. The average Bonchev–Trinajstić information content (AvgIpc) is 3.27. The molecule has 0 spiro atoms. The number of nitrogens with one attached hydrogen (secondary N) is 1. The zero-order valence-corrected chi connectivity index (χ0v) is 17.5. The lowest BCUT2D eigenvalue weighted by molar-refractivity contribution is 0.0925. The van der Waals surface area contributed by atoms with E-state index in [-0.39, 0.29) is 28.0 Å². The van der Waals surface area contributed by atoms with Crippen LogP contribution in [-0.4, -0.2) is 24.3 Å². The van der Waals surface area contributed by atoms with Crippen molar-refractivity contribution in [2.24, 2.45) is 0 Å². The number of rotatable bonds is 5. The maximum atomic E-state index is 13.0. The first kappa shape index (κ1) is 19.9. The lowest BCUT2D eigenvalue weighted by atomic mass is 10.2. The third-order valence-electron chi connectivity index (χ3n) is 5.11. The summed E-state index contributed by atoms with van der Waals surface area (Å²) in [5.41, 5.74) is 2.03. The standard InChI is InChI=1S/C24H17N3O4S/c28-24(22-12-18-9-10-25-15-23(18)31-22)27-13-16-5-7-19(8-6-16)32(29,30)20-11-17-3-1-2-4-21(17)26-14-20/h1-12,14-15H,13H2,(H,27,28). The molecule has 3 heterocycles. The number of furan rings is 1. The third-order valence-corrected chi connectivity index (χ3v) is 6.85. The molecule has 0 radical (unpaired) electrons. The van der Waals surface area contributed by atoms with Crippen molar-refractivity contribution in [1.82, 2.24) is 15.3 Å². The topological polar surface area (TPSA) is 102 Å². The van der Waals surface area contributed by atoms with Gasteiger partial charge in [-0.15, -0.1) is 0 Å². The molecule has 0 aliphatic heterocycles. The van der Waals surface area contributed by atoms with Crippen LogP contribution in [0.15, 0.2) is 99.5 Å². The first-order chi connectivity index (χ1) is 15.5. The number of carbonyl (C=O) groups excluding carboxylic acids is 1. The molecule has 0 fully saturated rings. The zero-order valence-electron chi connectivity index (χ0n) is 16.7. The van der Waals surface area contributed by atoms with Crippen LogP contribution in [0.5, 0.6) is 0 Å². The predicted octanol–water partition coefficient (Wildman–Crippen LogP) is 4.14. The Balaban J connectivity index is 1.31. The smallest absolute Gasteiger partial charge is 0.287 e. The molecule has 1 amide bonds. The van der Waals surface area contributed by atoms with Crippen LogP contribution in [0.2, 0.25) is 0 Å². The van der Waals surface area contributed by atoms with Gasteiger partial charge in [0.1, 0.15) is 0 Å². The van der Waals surface area contributed by atoms with Crippen LogP contribution in [0.3, 0.4) is 0 Å². The minimum atomic E-state index is -3.71. The van der Waals surface area contributed by atoms with Crippen molar-refractivity contribution in [3.8, 4) is 0 Å². The number of pyridine rings is 2. The van der Waals surface area contributed by atoms with Crippen LogP contribution in [0, 0.1) is 0 Å². The fourth-order valence-corrected chi connectivity index (χ4v) is 4.63. The van der Waals surface area contributed by atoms with Gasteiger partial charge in [-0.1, -0.05) is 30.3 Å². The van der Waals surface area contributed by atoms with Crippen molar-refractivity contribution < 1.29 is 17.6 Å². The van der Waals surface area contributed by atoms with Crippen LogP contribution >= 0.6 is 0 Å². The SMILES string of the molecule is O=C(NCc1ccc(S(=O)(=O)c2cnc3ccccc3c2)cc1)c1cc2ccncc2o1. The maximum absolute atomic E-state index is 13.0. The van der Waals surface area contributed by atoms with Crippen molar-refractivity contribution in [2.45, 2.75) is 16.3 Å². The summed E-state index contributed by atoms with van der Waals surface area (Å²) in [6.45, 7) is 0.228. The third kappa shape index (κ3) is 3.72. The normalized spacial score (nSPS) is 11.6. The lowest BCUT2D eigenvalue weighted by Gasteiger charge is -2.08. The number of fused-ring (bicyclic) bond motifs is 2. The van der Waals surface area contributed by atoms with Gasteiger partial charge in [0.2, 0.25) is 9.84 Å². The van der Waals surface area contributed by atoms with Gasteiger partial charge in [-0.05, 0) is 42.0 Å². The van der Waals surface area contributed by atoms with E-state index in [1.807, 2.05) is 24.3 Å². The summed E-state index contributed by atoms with van der Waals surface area (Å²) in [7, 11) is -3.71. The average molecular weight is 443 g/mol. The zero-order chi connectivity index (χ0) is 22.1. The number of hydrogen-bond donors (Lipinski definition) is 1. The van der Waals surface area contributed by atoms with Crippen LogP contribution in [0.1, 0.15) is 16.1 Å². The number of benzene rings is 2. The lowest BCUT2D eigenvalue weighted by Crippen LogP contribution is -2.22. The van der Waals surface area contributed by atoms with Crippen molar-refractivity contribution in [3.05, 3.63) is 96.6 Å². The number of nitrogens with zero attached hydrogens (tertiary/aromatic N) is 2. The van der Waals surface area contributed by atoms with E-state index in [4.69, 9.17) is 4.42 Å². The van der Waals surface area contributed by atoms with Crippen LogP contribution in [0.25, 0.3) is 21.9 Å². The molecule has 0 saturated carbocycles. The van der Waals surface area contributed by atoms with E-state index in [0.717, 1.165) is 21.9 Å². The molecule has 0 bridgehead atoms. The fraction of sp³-hybridized carbons (Fsp3) is 0.0417. The van der Waals surface area contributed by atoms with Gasteiger partial charge in [0.25, 0.3) is 5.91 Å². The van der Waals surface area contributed by atoms with Crippen LogP contribution < -0.4 is 5.32 Å². The molecule has 1 N–H and O–H groups in total. The molecule has 0 atom stereocenters. The van der Waals surface area contributed by atoms with Gasteiger partial charge in [-0.3, -0.25) is 14.8 Å². The van der Waals surface area contributed by atoms with Crippen molar-refractivity contribution >= 4 is 37.6 Å². The van der Waals surface area contributed by atoms with Crippen LogP contribution in [0.4, 0.5) is 0 Å². The van der Waals surface area contributed by atoms with E-state index >= 15 is 0 Å². The summed E-state index contributed by atoms with van der Waals surface area (Å²) >= 11 is 0. The Morgan fingerprint density at radius 3 is 2.53 bits per heavy atom. The largest absolute Gasteiger partial charge is 0.449 e. The van der Waals surface area contributed by atoms with E-state index in [9.17, 15) is 13.2 Å². The molecule has 158 valence electrons. The molecule has 5 rings (SSSR count). The second-order valence-corrected chi connectivity index (χ2v) is 9.17. The number of aromatic nitrogens is 2. The van der Waals surface area contributed by atoms with Gasteiger partial charge >= 0.3 is 0 Å². The molecule has 0 aliphatic carbocycles. The highest BCUT2D eigenvalue weighted by atomic mass is 32.2. The van der Waals surface area contributed by atoms with E-state index in [0.29, 0.717) is 5.58 Å². The van der Waals surface area contributed by atoms with E-state index in [1.54, 1.807) is 42.7 Å². The van der Waals surface area contributed by atoms with Crippen molar-refractivity contribution in [2.75, 3.05) is 0 Å². The molecule has 2 aromatic carbocycles. The van der Waals surface area contributed by atoms with Gasteiger partial charge in [0.15, 0.2) is 11.3 Å².